The average molecular weight is 447 g/mol. The van der Waals surface area contributed by atoms with Gasteiger partial charge in [-0.05, 0) is 55.5 Å². The minimum absolute atomic E-state index is 0.210. The minimum atomic E-state index is -1.37. The second-order valence-corrected chi connectivity index (χ2v) is 7.74. The van der Waals surface area contributed by atoms with Gasteiger partial charge in [-0.25, -0.2) is 14.2 Å². The van der Waals surface area contributed by atoms with Gasteiger partial charge in [-0.15, -0.1) is 0 Å². The summed E-state index contributed by atoms with van der Waals surface area (Å²) in [7, 11) is 1.64. The Kier molecular flexibility index (Phi) is 5.22. The third-order valence-corrected chi connectivity index (χ3v) is 5.85. The molecule has 0 aliphatic rings. The Labute approximate surface area is 188 Å². The normalized spacial score (nSPS) is 11.6. The van der Waals surface area contributed by atoms with Crippen LogP contribution < -0.4 is 4.74 Å². The zero-order valence-electron chi connectivity index (χ0n) is 18.2. The standard InChI is InChI=1S/C25H22FN3O4/c1-3-28-21-8-4-15(12-19(21)18-7-5-16(26)13-23(18)28)24-27-20-14-17(33-25(30)31)6-9-22(20)29(24)10-11-32-2/h4-9,12-14H,3,10-11H2,1-2H3,(H,30,31). The Morgan fingerprint density at radius 1 is 1.00 bits per heavy atom. The highest BCUT2D eigenvalue weighted by Crippen LogP contribution is 2.34. The molecule has 1 N–H and O–H groups in total. The topological polar surface area (TPSA) is 78.5 Å². The average Bonchev–Trinajstić information content (AvgIpc) is 3.30. The molecule has 0 unspecified atom stereocenters. The number of ether oxygens (including phenoxy) is 2. The molecular weight excluding hydrogens is 425 g/mol. The van der Waals surface area contributed by atoms with Gasteiger partial charge in [0.05, 0.1) is 23.2 Å². The molecule has 33 heavy (non-hydrogen) atoms. The molecule has 0 saturated heterocycles. The lowest BCUT2D eigenvalue weighted by Gasteiger charge is -2.09. The van der Waals surface area contributed by atoms with Gasteiger partial charge in [0, 0.05) is 48.1 Å². The predicted octanol–water partition coefficient (Wildman–Crippen LogP) is 5.67. The summed E-state index contributed by atoms with van der Waals surface area (Å²) in [6.07, 6.45) is -1.37. The number of hydrogen-bond donors (Lipinski definition) is 1. The van der Waals surface area contributed by atoms with Gasteiger partial charge in [0.2, 0.25) is 0 Å². The van der Waals surface area contributed by atoms with E-state index in [0.29, 0.717) is 18.7 Å². The maximum atomic E-state index is 13.9. The van der Waals surface area contributed by atoms with Crippen LogP contribution in [-0.4, -0.2) is 39.1 Å². The van der Waals surface area contributed by atoms with E-state index in [0.717, 1.165) is 45.3 Å². The van der Waals surface area contributed by atoms with Crippen molar-refractivity contribution in [1.29, 1.82) is 0 Å². The quantitative estimate of drug-likeness (QED) is 0.268. The number of aryl methyl sites for hydroxylation is 1. The summed E-state index contributed by atoms with van der Waals surface area (Å²) in [5.74, 6) is 0.679. The monoisotopic (exact) mass is 447 g/mol. The van der Waals surface area contributed by atoms with Crippen molar-refractivity contribution in [1.82, 2.24) is 14.1 Å². The molecule has 3 aromatic carbocycles. The maximum absolute atomic E-state index is 13.9. The zero-order valence-corrected chi connectivity index (χ0v) is 18.2. The summed E-state index contributed by atoms with van der Waals surface area (Å²) in [6, 6.07) is 16.0. The van der Waals surface area contributed by atoms with Crippen LogP contribution in [0.2, 0.25) is 0 Å². The van der Waals surface area contributed by atoms with E-state index < -0.39 is 6.16 Å². The molecule has 0 saturated carbocycles. The largest absolute Gasteiger partial charge is 0.511 e. The van der Waals surface area contributed by atoms with Crippen molar-refractivity contribution >= 4 is 39.0 Å². The van der Waals surface area contributed by atoms with E-state index in [1.165, 1.54) is 6.07 Å². The highest BCUT2D eigenvalue weighted by molar-refractivity contribution is 6.09. The summed E-state index contributed by atoms with van der Waals surface area (Å²) in [5, 5.41) is 10.9. The van der Waals surface area contributed by atoms with Crippen molar-refractivity contribution in [3.05, 3.63) is 60.4 Å². The van der Waals surface area contributed by atoms with Gasteiger partial charge in [0.15, 0.2) is 0 Å². The van der Waals surface area contributed by atoms with E-state index >= 15 is 0 Å². The van der Waals surface area contributed by atoms with Crippen molar-refractivity contribution in [2.45, 2.75) is 20.0 Å². The summed E-state index contributed by atoms with van der Waals surface area (Å²) in [4.78, 5) is 15.7. The van der Waals surface area contributed by atoms with Crippen LogP contribution in [0.1, 0.15) is 6.92 Å². The van der Waals surface area contributed by atoms with Crippen LogP contribution in [0, 0.1) is 5.82 Å². The minimum Gasteiger partial charge on any atom is -0.449 e. The van der Waals surface area contributed by atoms with E-state index in [1.807, 2.05) is 29.7 Å². The Balaban J connectivity index is 1.72. The number of fused-ring (bicyclic) bond motifs is 4. The fourth-order valence-electron chi connectivity index (χ4n) is 4.46. The third-order valence-electron chi connectivity index (χ3n) is 5.85. The first-order chi connectivity index (χ1) is 16.0. The second kappa shape index (κ2) is 8.22. The highest BCUT2D eigenvalue weighted by atomic mass is 19.1. The Morgan fingerprint density at radius 2 is 1.82 bits per heavy atom. The van der Waals surface area contributed by atoms with Crippen LogP contribution in [-0.2, 0) is 17.8 Å². The van der Waals surface area contributed by atoms with Crippen LogP contribution in [0.4, 0.5) is 9.18 Å². The van der Waals surface area contributed by atoms with Crippen LogP contribution in [0.25, 0.3) is 44.2 Å². The van der Waals surface area contributed by atoms with Gasteiger partial charge < -0.3 is 23.7 Å². The lowest BCUT2D eigenvalue weighted by atomic mass is 10.1. The molecule has 0 atom stereocenters. The fourth-order valence-corrected chi connectivity index (χ4v) is 4.46. The molecule has 2 aromatic heterocycles. The number of carboxylic acid groups (broad SMARTS) is 1. The zero-order chi connectivity index (χ0) is 23.1. The number of hydrogen-bond acceptors (Lipinski definition) is 4. The molecule has 0 spiro atoms. The highest BCUT2D eigenvalue weighted by Gasteiger charge is 2.17. The molecule has 0 radical (unpaired) electrons. The van der Waals surface area contributed by atoms with Crippen LogP contribution in [0.15, 0.2) is 54.6 Å². The summed E-state index contributed by atoms with van der Waals surface area (Å²) < 4.78 is 28.2. The number of benzene rings is 3. The number of carbonyl (C=O) groups is 1. The summed E-state index contributed by atoms with van der Waals surface area (Å²) >= 11 is 0. The molecule has 2 heterocycles. The molecule has 5 rings (SSSR count). The molecule has 0 aliphatic carbocycles. The van der Waals surface area contributed by atoms with E-state index in [2.05, 4.69) is 10.6 Å². The SMILES string of the molecule is CCn1c2ccc(-c3nc4cc(OC(=O)O)ccc4n3CCOC)cc2c2ccc(F)cc21. The van der Waals surface area contributed by atoms with Gasteiger partial charge in [0.1, 0.15) is 17.4 Å². The van der Waals surface area contributed by atoms with Crippen LogP contribution >= 0.6 is 0 Å². The van der Waals surface area contributed by atoms with E-state index in [9.17, 15) is 9.18 Å². The first-order valence-corrected chi connectivity index (χ1v) is 10.6. The van der Waals surface area contributed by atoms with Gasteiger partial charge in [-0.3, -0.25) is 0 Å². The fraction of sp³-hybridized carbons (Fsp3) is 0.200. The molecule has 0 aliphatic heterocycles. The summed E-state index contributed by atoms with van der Waals surface area (Å²) in [6.45, 7) is 3.82. The van der Waals surface area contributed by atoms with E-state index in [-0.39, 0.29) is 11.6 Å². The Bertz CT molecular complexity index is 1520. The Hall–Kier alpha value is -3.91. The third kappa shape index (κ3) is 3.58. The van der Waals surface area contributed by atoms with Crippen molar-refractivity contribution in [2.75, 3.05) is 13.7 Å². The predicted molar refractivity (Wildman–Crippen MR) is 124 cm³/mol. The number of nitrogens with zero attached hydrogens (tertiary/aromatic N) is 3. The molecule has 0 fully saturated rings. The van der Waals surface area contributed by atoms with Crippen LogP contribution in [0.3, 0.4) is 0 Å². The summed E-state index contributed by atoms with van der Waals surface area (Å²) in [5.41, 5.74) is 4.25. The molecule has 0 amide bonds. The molecule has 168 valence electrons. The van der Waals surface area contributed by atoms with Crippen LogP contribution in [0.5, 0.6) is 5.75 Å². The van der Waals surface area contributed by atoms with Crippen molar-refractivity contribution in [2.24, 2.45) is 0 Å². The van der Waals surface area contributed by atoms with E-state index in [1.54, 1.807) is 31.4 Å². The molecule has 0 bridgehead atoms. The van der Waals surface area contributed by atoms with Crippen molar-refractivity contribution in [3.63, 3.8) is 0 Å². The first-order valence-electron chi connectivity index (χ1n) is 10.6. The number of halogens is 1. The first kappa shape index (κ1) is 21.0. The molecule has 5 aromatic rings. The lowest BCUT2D eigenvalue weighted by molar-refractivity contribution is 0.144. The smallest absolute Gasteiger partial charge is 0.449 e. The van der Waals surface area contributed by atoms with Crippen molar-refractivity contribution in [3.8, 4) is 17.1 Å². The van der Waals surface area contributed by atoms with E-state index in [4.69, 9.17) is 19.6 Å². The number of methoxy groups -OCH3 is 1. The number of imidazole rings is 1. The number of rotatable bonds is 6. The molecular formula is C25H22FN3O4. The van der Waals surface area contributed by atoms with Gasteiger partial charge >= 0.3 is 6.16 Å². The second-order valence-electron chi connectivity index (χ2n) is 7.74. The molecule has 7 nitrogen and oxygen atoms in total. The van der Waals surface area contributed by atoms with Gasteiger partial charge in [0.25, 0.3) is 0 Å². The van der Waals surface area contributed by atoms with Crippen molar-refractivity contribution < 1.29 is 23.8 Å². The number of aromatic nitrogens is 3. The maximum Gasteiger partial charge on any atom is 0.511 e. The lowest BCUT2D eigenvalue weighted by Crippen LogP contribution is -2.06. The Morgan fingerprint density at radius 3 is 2.58 bits per heavy atom. The van der Waals surface area contributed by atoms with Gasteiger partial charge in [-0.1, -0.05) is 0 Å². The van der Waals surface area contributed by atoms with Gasteiger partial charge in [-0.2, -0.15) is 0 Å². The molecule has 8 heteroatoms.